The normalized spacial score (nSPS) is 8.90. The molecule has 0 saturated carbocycles. The third-order valence-corrected chi connectivity index (χ3v) is 2.55. The van der Waals surface area contributed by atoms with Crippen LogP contribution >= 0.6 is 0 Å². The Bertz CT molecular complexity index is 610. The van der Waals surface area contributed by atoms with Gasteiger partial charge in [-0.3, -0.25) is 4.79 Å². The molecule has 102 valence electrons. The molecular weight excluding hydrogens is 248 g/mol. The Hall–Kier alpha value is -2.60. The summed E-state index contributed by atoms with van der Waals surface area (Å²) in [6, 6.07) is 16.2. The van der Waals surface area contributed by atoms with Gasteiger partial charge >= 0.3 is 0 Å². The molecule has 0 aliphatic carbocycles. The quantitative estimate of drug-likeness (QED) is 0.887. The number of aryl methyl sites for hydroxylation is 1. The van der Waals surface area contributed by atoms with E-state index in [9.17, 15) is 4.79 Å². The molecular formula is C17H18N2O. The fraction of sp³-hybridized carbons (Fsp3) is 0.176. The van der Waals surface area contributed by atoms with Gasteiger partial charge in [0.15, 0.2) is 0 Å². The van der Waals surface area contributed by atoms with Crippen LogP contribution in [0.15, 0.2) is 48.5 Å². The number of nitrogens with zero attached hydrogens (tertiary/aromatic N) is 1. The van der Waals surface area contributed by atoms with Gasteiger partial charge in [0.1, 0.15) is 0 Å². The minimum Gasteiger partial charge on any atom is -0.322 e. The van der Waals surface area contributed by atoms with Crippen LogP contribution in [0.25, 0.3) is 0 Å². The summed E-state index contributed by atoms with van der Waals surface area (Å²) in [6.45, 7) is 5.94. The van der Waals surface area contributed by atoms with E-state index >= 15 is 0 Å². The topological polar surface area (TPSA) is 52.9 Å². The maximum atomic E-state index is 11.9. The summed E-state index contributed by atoms with van der Waals surface area (Å²) in [5.41, 5.74) is 2.92. The minimum absolute atomic E-state index is 0.150. The van der Waals surface area contributed by atoms with Crippen LogP contribution in [0.2, 0.25) is 0 Å². The highest BCUT2D eigenvalue weighted by atomic mass is 16.1. The molecule has 0 fully saturated rings. The third-order valence-electron chi connectivity index (χ3n) is 2.55. The molecule has 3 nitrogen and oxygen atoms in total. The fourth-order valence-electron chi connectivity index (χ4n) is 1.62. The van der Waals surface area contributed by atoms with E-state index in [1.807, 2.05) is 45.0 Å². The number of nitriles is 1. The number of anilines is 1. The summed E-state index contributed by atoms with van der Waals surface area (Å²) >= 11 is 0. The van der Waals surface area contributed by atoms with Gasteiger partial charge in [-0.25, -0.2) is 0 Å². The lowest BCUT2D eigenvalue weighted by Crippen LogP contribution is -2.11. The standard InChI is InChI=1S/C15H12N2O.C2H6/c1-11-3-2-4-13(9-11)15(18)17-14-7-5-12(10-16)6-8-14;1-2/h2-9H,1H3,(H,17,18);1-2H3. The van der Waals surface area contributed by atoms with E-state index in [0.29, 0.717) is 16.8 Å². The number of carbonyl (C=O) groups is 1. The minimum atomic E-state index is -0.150. The average molecular weight is 266 g/mol. The smallest absolute Gasteiger partial charge is 0.255 e. The third kappa shape index (κ3) is 4.25. The van der Waals surface area contributed by atoms with Crippen LogP contribution in [-0.2, 0) is 0 Å². The SMILES string of the molecule is CC.Cc1cccc(C(=O)Nc2ccc(C#N)cc2)c1. The molecule has 0 spiro atoms. The molecule has 0 bridgehead atoms. The second-order valence-electron chi connectivity index (χ2n) is 4.01. The summed E-state index contributed by atoms with van der Waals surface area (Å²) in [6.07, 6.45) is 0. The lowest BCUT2D eigenvalue weighted by Gasteiger charge is -2.05. The van der Waals surface area contributed by atoms with Crippen molar-refractivity contribution in [1.82, 2.24) is 0 Å². The van der Waals surface area contributed by atoms with Gasteiger partial charge in [-0.1, -0.05) is 31.5 Å². The zero-order valence-corrected chi connectivity index (χ0v) is 12.0. The van der Waals surface area contributed by atoms with Crippen LogP contribution in [0.1, 0.15) is 35.3 Å². The first-order chi connectivity index (χ1) is 9.69. The van der Waals surface area contributed by atoms with Crippen molar-refractivity contribution >= 4 is 11.6 Å². The molecule has 0 atom stereocenters. The zero-order chi connectivity index (χ0) is 15.0. The first-order valence-corrected chi connectivity index (χ1v) is 6.57. The molecule has 1 N–H and O–H groups in total. The van der Waals surface area contributed by atoms with Gasteiger partial charge in [0.2, 0.25) is 0 Å². The molecule has 3 heteroatoms. The Morgan fingerprint density at radius 1 is 1.10 bits per heavy atom. The van der Waals surface area contributed by atoms with Crippen molar-refractivity contribution in [1.29, 1.82) is 5.26 Å². The molecule has 0 aromatic heterocycles. The van der Waals surface area contributed by atoms with Crippen molar-refractivity contribution in [2.45, 2.75) is 20.8 Å². The molecule has 0 saturated heterocycles. The first-order valence-electron chi connectivity index (χ1n) is 6.57. The molecule has 0 aliphatic heterocycles. The summed E-state index contributed by atoms with van der Waals surface area (Å²) in [5, 5.41) is 11.5. The van der Waals surface area contributed by atoms with Gasteiger partial charge in [-0.2, -0.15) is 5.26 Å². The Morgan fingerprint density at radius 2 is 1.75 bits per heavy atom. The van der Waals surface area contributed by atoms with E-state index < -0.39 is 0 Å². The molecule has 2 aromatic carbocycles. The predicted octanol–water partition coefficient (Wildman–Crippen LogP) is 4.15. The maximum absolute atomic E-state index is 11.9. The first kappa shape index (κ1) is 15.5. The Morgan fingerprint density at radius 3 is 2.30 bits per heavy atom. The average Bonchev–Trinajstić information content (AvgIpc) is 2.50. The van der Waals surface area contributed by atoms with Crippen molar-refractivity contribution in [2.75, 3.05) is 5.32 Å². The van der Waals surface area contributed by atoms with Crippen LogP contribution in [-0.4, -0.2) is 5.91 Å². The van der Waals surface area contributed by atoms with Gasteiger partial charge in [-0.05, 0) is 43.3 Å². The van der Waals surface area contributed by atoms with Crippen molar-refractivity contribution in [3.8, 4) is 6.07 Å². The number of nitrogens with one attached hydrogen (secondary N) is 1. The number of benzene rings is 2. The van der Waals surface area contributed by atoms with Crippen LogP contribution in [0.3, 0.4) is 0 Å². The van der Waals surface area contributed by atoms with E-state index in [4.69, 9.17) is 5.26 Å². The molecule has 20 heavy (non-hydrogen) atoms. The second kappa shape index (κ2) is 7.75. The van der Waals surface area contributed by atoms with Crippen molar-refractivity contribution in [3.05, 3.63) is 65.2 Å². The van der Waals surface area contributed by atoms with E-state index in [0.717, 1.165) is 5.56 Å². The number of amides is 1. The van der Waals surface area contributed by atoms with Gasteiger partial charge in [0, 0.05) is 11.3 Å². The van der Waals surface area contributed by atoms with Gasteiger partial charge in [0.25, 0.3) is 5.91 Å². The van der Waals surface area contributed by atoms with E-state index in [2.05, 4.69) is 5.32 Å². The second-order valence-corrected chi connectivity index (χ2v) is 4.01. The van der Waals surface area contributed by atoms with E-state index in [-0.39, 0.29) is 5.91 Å². The fourth-order valence-corrected chi connectivity index (χ4v) is 1.62. The van der Waals surface area contributed by atoms with Crippen LogP contribution in [0.4, 0.5) is 5.69 Å². The summed E-state index contributed by atoms with van der Waals surface area (Å²) in [7, 11) is 0. The largest absolute Gasteiger partial charge is 0.322 e. The molecule has 0 aliphatic rings. The van der Waals surface area contributed by atoms with Crippen molar-refractivity contribution in [3.63, 3.8) is 0 Å². The molecule has 2 aromatic rings. The highest BCUT2D eigenvalue weighted by Crippen LogP contribution is 2.11. The Labute approximate surface area is 119 Å². The number of hydrogen-bond donors (Lipinski definition) is 1. The molecule has 1 amide bonds. The molecule has 0 radical (unpaired) electrons. The monoisotopic (exact) mass is 266 g/mol. The Kier molecular flexibility index (Phi) is 5.99. The predicted molar refractivity (Wildman–Crippen MR) is 81.6 cm³/mol. The summed E-state index contributed by atoms with van der Waals surface area (Å²) < 4.78 is 0. The van der Waals surface area contributed by atoms with Crippen molar-refractivity contribution in [2.24, 2.45) is 0 Å². The van der Waals surface area contributed by atoms with Crippen LogP contribution in [0.5, 0.6) is 0 Å². The highest BCUT2D eigenvalue weighted by molar-refractivity contribution is 6.04. The van der Waals surface area contributed by atoms with Crippen molar-refractivity contribution < 1.29 is 4.79 Å². The number of rotatable bonds is 2. The summed E-state index contributed by atoms with van der Waals surface area (Å²) in [5.74, 6) is -0.150. The van der Waals surface area contributed by atoms with E-state index in [1.165, 1.54) is 0 Å². The lowest BCUT2D eigenvalue weighted by atomic mass is 10.1. The van der Waals surface area contributed by atoms with Crippen LogP contribution < -0.4 is 5.32 Å². The van der Waals surface area contributed by atoms with Crippen LogP contribution in [0, 0.1) is 18.3 Å². The van der Waals surface area contributed by atoms with Gasteiger partial charge in [-0.15, -0.1) is 0 Å². The van der Waals surface area contributed by atoms with Gasteiger partial charge < -0.3 is 5.32 Å². The zero-order valence-electron chi connectivity index (χ0n) is 12.0. The highest BCUT2D eigenvalue weighted by Gasteiger charge is 2.05. The number of hydrogen-bond acceptors (Lipinski definition) is 2. The van der Waals surface area contributed by atoms with Gasteiger partial charge in [0.05, 0.1) is 11.6 Å². The lowest BCUT2D eigenvalue weighted by molar-refractivity contribution is 0.102. The molecule has 0 unspecified atom stereocenters. The molecule has 0 heterocycles. The number of carbonyl (C=O) groups excluding carboxylic acids is 1. The summed E-state index contributed by atoms with van der Waals surface area (Å²) in [4.78, 5) is 11.9. The Balaban J connectivity index is 0.000000956. The van der Waals surface area contributed by atoms with E-state index in [1.54, 1.807) is 30.3 Å². The molecule has 2 rings (SSSR count). The maximum Gasteiger partial charge on any atom is 0.255 e.